The van der Waals surface area contributed by atoms with Crippen LogP contribution in [0.15, 0.2) is 48.6 Å². The number of nitrogens with zero attached hydrogens (tertiary/aromatic N) is 2. The van der Waals surface area contributed by atoms with Gasteiger partial charge in [-0.2, -0.15) is 0 Å². The van der Waals surface area contributed by atoms with Crippen molar-refractivity contribution in [2.45, 2.75) is 38.1 Å². The molecule has 2 aliphatic heterocycles. The minimum Gasteiger partial charge on any atom is -0.493 e. The van der Waals surface area contributed by atoms with Crippen molar-refractivity contribution in [3.05, 3.63) is 59.7 Å². The minimum atomic E-state index is -0.360. The van der Waals surface area contributed by atoms with Crippen LogP contribution < -0.4 is 29.8 Å². The summed E-state index contributed by atoms with van der Waals surface area (Å²) >= 11 is 0. The number of amides is 2. The maximum absolute atomic E-state index is 13.7. The molecule has 0 spiro atoms. The predicted molar refractivity (Wildman–Crippen MR) is 169 cm³/mol. The van der Waals surface area contributed by atoms with Crippen LogP contribution in [0, 0.1) is 0 Å². The maximum Gasteiger partial charge on any atom is 0.256 e. The molecule has 11 nitrogen and oxygen atoms in total. The fourth-order valence-corrected chi connectivity index (χ4v) is 5.42. The van der Waals surface area contributed by atoms with Crippen LogP contribution in [-0.4, -0.2) is 88.1 Å². The fourth-order valence-electron chi connectivity index (χ4n) is 5.42. The van der Waals surface area contributed by atoms with E-state index in [4.69, 9.17) is 18.9 Å². The van der Waals surface area contributed by atoms with Crippen LogP contribution in [0.2, 0.25) is 0 Å². The van der Waals surface area contributed by atoms with E-state index in [9.17, 15) is 18.9 Å². The lowest BCUT2D eigenvalue weighted by molar-refractivity contribution is -0.119. The summed E-state index contributed by atoms with van der Waals surface area (Å²) in [5, 5.41) is 2.86. The number of halogens is 1. The number of hydrogen-bond acceptors (Lipinski definition) is 9. The first-order valence-electron chi connectivity index (χ1n) is 14.8. The molecule has 12 heteroatoms. The molecule has 2 aromatic carbocycles. The number of aldehydes is 1. The van der Waals surface area contributed by atoms with Crippen molar-refractivity contribution in [2.75, 3.05) is 65.0 Å². The van der Waals surface area contributed by atoms with Crippen molar-refractivity contribution < 1.29 is 37.8 Å². The number of nitrogens with one attached hydrogen (secondary N) is 2. The average Bonchev–Trinajstić information content (AvgIpc) is 3.63. The summed E-state index contributed by atoms with van der Waals surface area (Å²) in [5.74, 6) is 0.906. The molecule has 2 heterocycles. The van der Waals surface area contributed by atoms with Gasteiger partial charge in [-0.05, 0) is 51.3 Å². The molecule has 1 unspecified atom stereocenters. The van der Waals surface area contributed by atoms with Crippen molar-refractivity contribution in [1.82, 2.24) is 9.80 Å². The molecule has 4 rings (SSSR count). The first kappa shape index (κ1) is 33.3. The molecular formula is C33H41FN4O7. The normalized spacial score (nSPS) is 16.4. The number of rotatable bonds is 15. The summed E-state index contributed by atoms with van der Waals surface area (Å²) in [7, 11) is 4.80. The van der Waals surface area contributed by atoms with Gasteiger partial charge in [0.2, 0.25) is 5.91 Å². The van der Waals surface area contributed by atoms with Gasteiger partial charge in [0.1, 0.15) is 0 Å². The second kappa shape index (κ2) is 15.4. The Kier molecular flexibility index (Phi) is 11.4. The zero-order valence-electron chi connectivity index (χ0n) is 26.1. The summed E-state index contributed by atoms with van der Waals surface area (Å²) < 4.78 is 36.3. The van der Waals surface area contributed by atoms with Crippen LogP contribution in [0.1, 0.15) is 52.8 Å². The maximum atomic E-state index is 13.7. The van der Waals surface area contributed by atoms with Gasteiger partial charge in [0.15, 0.2) is 29.3 Å². The lowest BCUT2D eigenvalue weighted by atomic mass is 10.1. The molecule has 1 atom stereocenters. The third kappa shape index (κ3) is 8.13. The Labute approximate surface area is 262 Å². The molecule has 0 radical (unpaired) electrons. The van der Waals surface area contributed by atoms with Crippen molar-refractivity contribution in [3.63, 3.8) is 0 Å². The van der Waals surface area contributed by atoms with Gasteiger partial charge in [0, 0.05) is 37.3 Å². The van der Waals surface area contributed by atoms with E-state index in [-0.39, 0.29) is 34.7 Å². The first-order chi connectivity index (χ1) is 21.7. The Morgan fingerprint density at radius 1 is 0.933 bits per heavy atom. The summed E-state index contributed by atoms with van der Waals surface area (Å²) in [4.78, 5) is 41.1. The second-order valence-electron chi connectivity index (χ2n) is 11.2. The molecule has 0 saturated carbocycles. The fraction of sp³-hybridized carbons (Fsp3) is 0.424. The Morgan fingerprint density at radius 3 is 2.11 bits per heavy atom. The van der Waals surface area contributed by atoms with E-state index < -0.39 is 0 Å². The molecule has 2 aliphatic rings. The van der Waals surface area contributed by atoms with Gasteiger partial charge in [-0.1, -0.05) is 24.3 Å². The van der Waals surface area contributed by atoms with Gasteiger partial charge in [0.05, 0.1) is 50.4 Å². The Bertz CT molecular complexity index is 1450. The van der Waals surface area contributed by atoms with Crippen LogP contribution in [0.4, 0.5) is 15.9 Å². The number of carbonyl (C=O) groups excluding carboxylic acids is 3. The van der Waals surface area contributed by atoms with Gasteiger partial charge in [0.25, 0.3) is 5.91 Å². The van der Waals surface area contributed by atoms with Gasteiger partial charge in [-0.15, -0.1) is 4.48 Å². The van der Waals surface area contributed by atoms with Crippen LogP contribution >= 0.6 is 0 Å². The highest BCUT2D eigenvalue weighted by molar-refractivity contribution is 6.01. The smallest absolute Gasteiger partial charge is 0.256 e. The third-order valence-electron chi connectivity index (χ3n) is 7.89. The summed E-state index contributed by atoms with van der Waals surface area (Å²) in [6, 6.07) is 5.69. The lowest BCUT2D eigenvalue weighted by Crippen LogP contribution is -2.37. The van der Waals surface area contributed by atoms with Crippen molar-refractivity contribution >= 4 is 29.5 Å². The highest BCUT2D eigenvalue weighted by Crippen LogP contribution is 2.36. The topological polar surface area (TPSA) is 119 Å². The average molecular weight is 625 g/mol. The minimum absolute atomic E-state index is 0.00698. The highest BCUT2D eigenvalue weighted by Gasteiger charge is 2.31. The standard InChI is InChI=1S/C33H41FN4O7/c1-21-9-10-38(19-21)33(41)24-15-29(43-5)31(17-26(24)36-34)45-12-8-6-7-11-44-30-16-25(23(20-39)14-28(30)42-4)35-32(40)27-13-22(2)18-37(27)3/h14-17,20,27,36H,1-2,6-13,18-19H2,3-5H3,(H,35,40). The SMILES string of the molecule is C=C1CCN(C(=O)c2cc(OC)c(OCCCCCOc3cc(NC(=O)C4CC(=C)CN4C)c(C=O)cc3OC)cc2NF)C1. The van der Waals surface area contributed by atoms with Crippen molar-refractivity contribution in [1.29, 1.82) is 0 Å². The van der Waals surface area contributed by atoms with Gasteiger partial charge < -0.3 is 29.2 Å². The van der Waals surface area contributed by atoms with Crippen molar-refractivity contribution in [3.8, 4) is 23.0 Å². The number of anilines is 2. The monoisotopic (exact) mass is 624 g/mol. The number of carbonyl (C=O) groups is 3. The molecule has 242 valence electrons. The number of likely N-dealkylation sites (tertiary alicyclic amines) is 2. The Balaban J connectivity index is 1.29. The van der Waals surface area contributed by atoms with E-state index in [2.05, 4.69) is 18.5 Å². The number of benzene rings is 2. The quantitative estimate of drug-likeness (QED) is 0.122. The molecule has 0 aliphatic carbocycles. The molecule has 2 aromatic rings. The van der Waals surface area contributed by atoms with Crippen molar-refractivity contribution in [2.24, 2.45) is 0 Å². The van der Waals surface area contributed by atoms with E-state index in [1.165, 1.54) is 32.4 Å². The van der Waals surface area contributed by atoms with Crippen LogP contribution in [0.3, 0.4) is 0 Å². The number of unbranched alkanes of at least 4 members (excludes halogenated alkanes) is 2. The molecule has 2 N–H and O–H groups in total. The predicted octanol–water partition coefficient (Wildman–Crippen LogP) is 5.04. The van der Waals surface area contributed by atoms with E-state index in [1.54, 1.807) is 16.5 Å². The van der Waals surface area contributed by atoms with Gasteiger partial charge >= 0.3 is 0 Å². The number of ether oxygens (including phenoxy) is 4. The largest absolute Gasteiger partial charge is 0.493 e. The molecule has 0 aromatic heterocycles. The van der Waals surface area contributed by atoms with E-state index >= 15 is 0 Å². The number of likely N-dealkylation sites (N-methyl/N-ethyl adjacent to an activating group) is 1. The molecule has 2 fully saturated rings. The third-order valence-corrected chi connectivity index (χ3v) is 7.89. The molecular weight excluding hydrogens is 583 g/mol. The number of methoxy groups -OCH3 is 2. The van der Waals surface area contributed by atoms with Crippen LogP contribution in [0.5, 0.6) is 23.0 Å². The van der Waals surface area contributed by atoms with Gasteiger partial charge in [-0.3, -0.25) is 19.3 Å². The number of hydrogen-bond donors (Lipinski definition) is 2. The summed E-state index contributed by atoms with van der Waals surface area (Å²) in [5.41, 5.74) is 4.33. The van der Waals surface area contributed by atoms with E-state index in [0.717, 1.165) is 24.0 Å². The Morgan fingerprint density at radius 2 is 1.58 bits per heavy atom. The van der Waals surface area contributed by atoms with Crippen LogP contribution in [-0.2, 0) is 4.79 Å². The zero-order valence-corrected chi connectivity index (χ0v) is 26.1. The Hall–Kier alpha value is -4.58. The second-order valence-corrected chi connectivity index (χ2v) is 11.2. The van der Waals surface area contributed by atoms with E-state index in [1.807, 2.05) is 11.9 Å². The molecule has 2 amide bonds. The molecule has 45 heavy (non-hydrogen) atoms. The zero-order chi connectivity index (χ0) is 32.5. The summed E-state index contributed by atoms with van der Waals surface area (Å²) in [6.07, 6.45) is 4.05. The lowest BCUT2D eigenvalue weighted by Gasteiger charge is -2.20. The first-order valence-corrected chi connectivity index (χ1v) is 14.8. The molecule has 2 saturated heterocycles. The van der Waals surface area contributed by atoms with E-state index in [0.29, 0.717) is 87.1 Å². The summed E-state index contributed by atoms with van der Waals surface area (Å²) in [6.45, 7) is 10.2. The van der Waals surface area contributed by atoms with Crippen LogP contribution in [0.25, 0.3) is 0 Å². The molecule has 0 bridgehead atoms. The van der Waals surface area contributed by atoms with Gasteiger partial charge in [-0.25, -0.2) is 5.54 Å². The highest BCUT2D eigenvalue weighted by atomic mass is 19.2.